The first-order valence-electron chi connectivity index (χ1n) is 10.9. The largest absolute Gasteiger partial charge is 0.341 e. The van der Waals surface area contributed by atoms with E-state index in [1.54, 1.807) is 36.3 Å². The number of carbonyl (C=O) groups excluding carboxylic acids is 2. The van der Waals surface area contributed by atoms with E-state index >= 15 is 0 Å². The van der Waals surface area contributed by atoms with Crippen LogP contribution in [0.4, 0.5) is 0 Å². The molecular weight excluding hydrogens is 402 g/mol. The quantitative estimate of drug-likeness (QED) is 0.679. The third-order valence-electron chi connectivity index (χ3n) is 7.23. The van der Waals surface area contributed by atoms with Crippen molar-refractivity contribution in [1.29, 1.82) is 0 Å². The van der Waals surface area contributed by atoms with Gasteiger partial charge in [-0.1, -0.05) is 24.3 Å². The highest BCUT2D eigenvalue weighted by molar-refractivity contribution is 7.91. The molecule has 8 heteroatoms. The van der Waals surface area contributed by atoms with Crippen molar-refractivity contribution in [3.05, 3.63) is 24.3 Å². The second kappa shape index (κ2) is 9.22. The molecule has 168 valence electrons. The van der Waals surface area contributed by atoms with E-state index in [0.29, 0.717) is 18.9 Å². The molecule has 0 spiro atoms. The molecule has 0 aliphatic heterocycles. The van der Waals surface area contributed by atoms with E-state index in [9.17, 15) is 18.0 Å². The Morgan fingerprint density at radius 2 is 1.57 bits per heavy atom. The van der Waals surface area contributed by atoms with E-state index in [4.69, 9.17) is 5.73 Å². The fraction of sp³-hybridized carbons (Fsp3) is 0.727. The topological polar surface area (TPSA) is 101 Å². The van der Waals surface area contributed by atoms with Crippen LogP contribution in [0.3, 0.4) is 0 Å². The standard InChI is InChI=1S/C22H35N3O4S/c1-24(17-7-6-8-17)22(27)20(23)15-11-13-16(14-12-15)21(26)25(2)18-9-4-5-10-19(18)30(3,28)29/h4-5,9-10,15-20H,6-8,11-14,23H2,1-3H3/t15?,16?,18?,19?,20-/m0/s1. The number of nitrogens with two attached hydrogens (primary N) is 1. The summed E-state index contributed by atoms with van der Waals surface area (Å²) in [4.78, 5) is 29.2. The van der Waals surface area contributed by atoms with Crippen LogP contribution in [0.2, 0.25) is 0 Å². The second-order valence-electron chi connectivity index (χ2n) is 9.18. The van der Waals surface area contributed by atoms with Gasteiger partial charge in [-0.05, 0) is 50.9 Å². The molecule has 2 amide bonds. The lowest BCUT2D eigenvalue weighted by Crippen LogP contribution is -2.52. The van der Waals surface area contributed by atoms with Crippen LogP contribution in [0.1, 0.15) is 44.9 Å². The Balaban J connectivity index is 1.56. The molecule has 3 aliphatic carbocycles. The molecule has 2 saturated carbocycles. The van der Waals surface area contributed by atoms with Gasteiger partial charge >= 0.3 is 0 Å². The first-order valence-corrected chi connectivity index (χ1v) is 12.9. The number of rotatable bonds is 6. The van der Waals surface area contributed by atoms with Crippen molar-refractivity contribution >= 4 is 21.7 Å². The van der Waals surface area contributed by atoms with Crippen LogP contribution in [-0.2, 0) is 19.4 Å². The van der Waals surface area contributed by atoms with Crippen molar-refractivity contribution in [2.45, 2.75) is 68.3 Å². The molecule has 0 aromatic heterocycles. The average molecular weight is 438 g/mol. The molecule has 30 heavy (non-hydrogen) atoms. The maximum Gasteiger partial charge on any atom is 0.239 e. The Kier molecular flexibility index (Phi) is 7.07. The van der Waals surface area contributed by atoms with E-state index < -0.39 is 27.2 Å². The van der Waals surface area contributed by atoms with Crippen LogP contribution in [0.15, 0.2) is 24.3 Å². The lowest BCUT2D eigenvalue weighted by Gasteiger charge is -2.39. The summed E-state index contributed by atoms with van der Waals surface area (Å²) in [5, 5.41) is -0.721. The zero-order chi connectivity index (χ0) is 22.1. The number of hydrogen-bond acceptors (Lipinski definition) is 5. The van der Waals surface area contributed by atoms with Gasteiger partial charge in [0.1, 0.15) is 5.25 Å². The van der Waals surface area contributed by atoms with Gasteiger partial charge in [-0.15, -0.1) is 0 Å². The number of nitrogens with zero attached hydrogens (tertiary/aromatic N) is 2. The molecule has 0 aromatic rings. The smallest absolute Gasteiger partial charge is 0.239 e. The van der Waals surface area contributed by atoms with Crippen LogP contribution in [0, 0.1) is 11.8 Å². The highest BCUT2D eigenvalue weighted by Crippen LogP contribution is 2.33. The maximum absolute atomic E-state index is 13.1. The molecule has 3 aliphatic rings. The Morgan fingerprint density at radius 3 is 2.10 bits per heavy atom. The summed E-state index contributed by atoms with van der Waals surface area (Å²) < 4.78 is 24.3. The predicted octanol–water partition coefficient (Wildman–Crippen LogP) is 1.50. The van der Waals surface area contributed by atoms with Gasteiger partial charge in [0.15, 0.2) is 9.84 Å². The van der Waals surface area contributed by atoms with Crippen molar-refractivity contribution in [2.24, 2.45) is 17.6 Å². The molecule has 0 radical (unpaired) electrons. The zero-order valence-electron chi connectivity index (χ0n) is 18.2. The van der Waals surface area contributed by atoms with E-state index in [1.165, 1.54) is 12.7 Å². The third-order valence-corrected chi connectivity index (χ3v) is 8.65. The van der Waals surface area contributed by atoms with Crippen LogP contribution >= 0.6 is 0 Å². The van der Waals surface area contributed by atoms with E-state index in [1.807, 2.05) is 11.9 Å². The maximum atomic E-state index is 13.1. The molecule has 0 aromatic carbocycles. The first-order chi connectivity index (χ1) is 14.1. The van der Waals surface area contributed by atoms with Crippen molar-refractivity contribution in [2.75, 3.05) is 20.4 Å². The summed E-state index contributed by atoms with van der Waals surface area (Å²) in [5.74, 6) is -0.0756. The van der Waals surface area contributed by atoms with Gasteiger partial charge in [0.05, 0.1) is 12.1 Å². The number of amides is 2. The number of allylic oxidation sites excluding steroid dienone is 2. The van der Waals surface area contributed by atoms with Crippen molar-refractivity contribution in [3.8, 4) is 0 Å². The van der Waals surface area contributed by atoms with E-state index in [0.717, 1.165) is 25.7 Å². The van der Waals surface area contributed by atoms with Crippen LogP contribution < -0.4 is 5.73 Å². The number of sulfone groups is 1. The van der Waals surface area contributed by atoms with Gasteiger partial charge in [0.25, 0.3) is 0 Å². The summed E-state index contributed by atoms with van der Waals surface area (Å²) in [7, 11) is 0.215. The van der Waals surface area contributed by atoms with E-state index in [2.05, 4.69) is 0 Å². The molecule has 7 nitrogen and oxygen atoms in total. The Morgan fingerprint density at radius 1 is 0.967 bits per heavy atom. The summed E-state index contributed by atoms with van der Waals surface area (Å²) >= 11 is 0. The molecule has 3 rings (SSSR count). The first kappa shape index (κ1) is 23.0. The predicted molar refractivity (Wildman–Crippen MR) is 117 cm³/mol. The fourth-order valence-corrected chi connectivity index (χ4v) is 6.03. The summed E-state index contributed by atoms with van der Waals surface area (Å²) in [6.07, 6.45) is 14.3. The van der Waals surface area contributed by atoms with Gasteiger partial charge in [0, 0.05) is 32.3 Å². The van der Waals surface area contributed by atoms with Gasteiger partial charge in [-0.3, -0.25) is 9.59 Å². The molecule has 0 bridgehead atoms. The molecule has 2 unspecified atom stereocenters. The van der Waals surface area contributed by atoms with Crippen molar-refractivity contribution < 1.29 is 18.0 Å². The SMILES string of the molecule is CN(C(=O)[C@@H](N)C1CCC(C(=O)N(C)C2C=CC=CC2S(C)(=O)=O)CC1)C1CCC1. The number of likely N-dealkylation sites (N-methyl/N-ethyl adjacent to an activating group) is 2. The minimum absolute atomic E-state index is 0.0155. The fourth-order valence-electron chi connectivity index (χ4n) is 4.87. The molecule has 0 saturated heterocycles. The lowest BCUT2D eigenvalue weighted by molar-refractivity contribution is -0.138. The van der Waals surface area contributed by atoms with Crippen molar-refractivity contribution in [3.63, 3.8) is 0 Å². The summed E-state index contributed by atoms with van der Waals surface area (Å²) in [6.45, 7) is 0. The number of carbonyl (C=O) groups is 2. The number of hydrogen-bond donors (Lipinski definition) is 1. The second-order valence-corrected chi connectivity index (χ2v) is 11.4. The van der Waals surface area contributed by atoms with Gasteiger partial charge in [-0.25, -0.2) is 8.42 Å². The Bertz CT molecular complexity index is 810. The Labute approximate surface area is 180 Å². The average Bonchev–Trinajstić information content (AvgIpc) is 2.69. The van der Waals surface area contributed by atoms with Crippen LogP contribution in [-0.4, -0.2) is 73.8 Å². The van der Waals surface area contributed by atoms with Crippen LogP contribution in [0.5, 0.6) is 0 Å². The highest BCUT2D eigenvalue weighted by atomic mass is 32.2. The van der Waals surface area contributed by atoms with Gasteiger partial charge in [-0.2, -0.15) is 0 Å². The lowest BCUT2D eigenvalue weighted by atomic mass is 9.77. The molecule has 0 heterocycles. The monoisotopic (exact) mass is 437 g/mol. The van der Waals surface area contributed by atoms with Crippen LogP contribution in [0.25, 0.3) is 0 Å². The molecule has 3 atom stereocenters. The molecular formula is C22H35N3O4S. The van der Waals surface area contributed by atoms with E-state index in [-0.39, 0.29) is 23.7 Å². The third kappa shape index (κ3) is 4.80. The molecule has 2 N–H and O–H groups in total. The minimum atomic E-state index is -3.32. The highest BCUT2D eigenvalue weighted by Gasteiger charge is 2.39. The van der Waals surface area contributed by atoms with Crippen molar-refractivity contribution in [1.82, 2.24) is 9.80 Å². The molecule has 2 fully saturated rings. The summed E-state index contributed by atoms with van der Waals surface area (Å²) in [6, 6.07) is -0.670. The normalized spacial score (nSPS) is 30.4. The minimum Gasteiger partial charge on any atom is -0.341 e. The van der Waals surface area contributed by atoms with Gasteiger partial charge in [0.2, 0.25) is 11.8 Å². The van der Waals surface area contributed by atoms with Gasteiger partial charge < -0.3 is 15.5 Å². The summed E-state index contributed by atoms with van der Waals surface area (Å²) in [5.41, 5.74) is 6.30. The zero-order valence-corrected chi connectivity index (χ0v) is 19.1. The Hall–Kier alpha value is -1.67.